The van der Waals surface area contributed by atoms with Gasteiger partial charge in [-0.1, -0.05) is 25.0 Å². The summed E-state index contributed by atoms with van der Waals surface area (Å²) in [7, 11) is 0. The van der Waals surface area contributed by atoms with Gasteiger partial charge in [0.1, 0.15) is 12.2 Å². The molecule has 152 valence electrons. The molecule has 2 unspecified atom stereocenters. The summed E-state index contributed by atoms with van der Waals surface area (Å²) >= 11 is 0. The van der Waals surface area contributed by atoms with Crippen LogP contribution in [-0.2, 0) is 19.1 Å². The lowest BCUT2D eigenvalue weighted by atomic mass is 9.97. The molecule has 0 bridgehead atoms. The maximum absolute atomic E-state index is 12.8. The second kappa shape index (κ2) is 8.84. The molecule has 0 amide bonds. The van der Waals surface area contributed by atoms with Crippen molar-refractivity contribution in [3.8, 4) is 11.5 Å². The molecule has 6 heteroatoms. The Hall–Kier alpha value is -2.24. The third-order valence-electron chi connectivity index (χ3n) is 5.77. The monoisotopic (exact) mass is 388 g/mol. The molecule has 3 aliphatic rings. The Kier molecular flexibility index (Phi) is 6.03. The van der Waals surface area contributed by atoms with Gasteiger partial charge in [0.15, 0.2) is 11.5 Å². The fourth-order valence-corrected chi connectivity index (χ4v) is 4.21. The van der Waals surface area contributed by atoms with Gasteiger partial charge < -0.3 is 18.9 Å². The zero-order chi connectivity index (χ0) is 19.3. The standard InChI is InChI=1S/C22H28O6/c23-21(25-15-9-3-1-4-10-15)19-20(22(24)26-16-11-5-2-6-12-16)28-18-14-8-7-13-17(18)27-19/h7-8,13-16,19-20H,1-6,9-12H2. The van der Waals surface area contributed by atoms with Crippen molar-refractivity contribution in [2.75, 3.05) is 0 Å². The molecule has 1 aliphatic heterocycles. The first kappa shape index (κ1) is 19.1. The first-order valence-electron chi connectivity index (χ1n) is 10.5. The predicted octanol–water partition coefficient (Wildman–Crippen LogP) is 3.95. The zero-order valence-corrected chi connectivity index (χ0v) is 16.1. The van der Waals surface area contributed by atoms with E-state index < -0.39 is 24.1 Å². The second-order valence-electron chi connectivity index (χ2n) is 7.92. The number of esters is 2. The zero-order valence-electron chi connectivity index (χ0n) is 16.1. The van der Waals surface area contributed by atoms with Crippen molar-refractivity contribution < 1.29 is 28.5 Å². The number of carbonyl (C=O) groups is 2. The molecule has 2 fully saturated rings. The highest BCUT2D eigenvalue weighted by Gasteiger charge is 2.45. The highest BCUT2D eigenvalue weighted by molar-refractivity contribution is 5.87. The van der Waals surface area contributed by atoms with E-state index in [1.807, 2.05) is 0 Å². The Labute approximate surface area is 165 Å². The van der Waals surface area contributed by atoms with E-state index in [2.05, 4.69) is 0 Å². The van der Waals surface area contributed by atoms with Crippen LogP contribution in [0.5, 0.6) is 11.5 Å². The molecule has 0 aromatic heterocycles. The van der Waals surface area contributed by atoms with Gasteiger partial charge in [-0.15, -0.1) is 0 Å². The quantitative estimate of drug-likeness (QED) is 0.728. The molecule has 1 heterocycles. The minimum atomic E-state index is -1.15. The van der Waals surface area contributed by atoms with Gasteiger partial charge >= 0.3 is 11.9 Å². The molecule has 2 aliphatic carbocycles. The van der Waals surface area contributed by atoms with Crippen LogP contribution in [0.4, 0.5) is 0 Å². The number of hydrogen-bond acceptors (Lipinski definition) is 6. The van der Waals surface area contributed by atoms with E-state index >= 15 is 0 Å². The molecular weight excluding hydrogens is 360 g/mol. The number of hydrogen-bond donors (Lipinski definition) is 0. The molecule has 0 N–H and O–H groups in total. The molecule has 1 aromatic rings. The highest BCUT2D eigenvalue weighted by atomic mass is 16.6. The Morgan fingerprint density at radius 1 is 0.679 bits per heavy atom. The first-order chi connectivity index (χ1) is 13.7. The lowest BCUT2D eigenvalue weighted by molar-refractivity contribution is -0.179. The van der Waals surface area contributed by atoms with E-state index in [0.29, 0.717) is 11.5 Å². The topological polar surface area (TPSA) is 71.1 Å². The average molecular weight is 388 g/mol. The number of para-hydroxylation sites is 2. The summed E-state index contributed by atoms with van der Waals surface area (Å²) in [5.41, 5.74) is 0. The summed E-state index contributed by atoms with van der Waals surface area (Å²) in [5, 5.41) is 0. The van der Waals surface area contributed by atoms with Crippen LogP contribution in [0, 0.1) is 0 Å². The van der Waals surface area contributed by atoms with Crippen molar-refractivity contribution in [3.05, 3.63) is 24.3 Å². The normalized spacial score (nSPS) is 25.7. The van der Waals surface area contributed by atoms with Gasteiger partial charge in [0.2, 0.25) is 12.2 Å². The number of benzene rings is 1. The van der Waals surface area contributed by atoms with Crippen LogP contribution in [0.2, 0.25) is 0 Å². The van der Waals surface area contributed by atoms with E-state index in [1.165, 1.54) is 12.8 Å². The molecule has 1 aromatic carbocycles. The summed E-state index contributed by atoms with van der Waals surface area (Å²) in [6.07, 6.45) is 7.44. The SMILES string of the molecule is O=C(OC1CCCCC1)C1Oc2ccccc2OC1C(=O)OC1CCCCC1. The Morgan fingerprint density at radius 3 is 1.46 bits per heavy atom. The molecule has 6 nitrogen and oxygen atoms in total. The molecular formula is C22H28O6. The van der Waals surface area contributed by atoms with Crippen LogP contribution < -0.4 is 9.47 Å². The summed E-state index contributed by atoms with van der Waals surface area (Å²) in [4.78, 5) is 25.7. The average Bonchev–Trinajstić information content (AvgIpc) is 2.74. The summed E-state index contributed by atoms with van der Waals surface area (Å²) in [5.74, 6) is -0.219. The van der Waals surface area contributed by atoms with Gasteiger partial charge in [-0.3, -0.25) is 0 Å². The molecule has 2 saturated carbocycles. The Bertz CT molecular complexity index is 631. The van der Waals surface area contributed by atoms with Crippen molar-refractivity contribution in [2.24, 2.45) is 0 Å². The maximum Gasteiger partial charge on any atom is 0.352 e. The lowest BCUT2D eigenvalue weighted by Gasteiger charge is -2.33. The Balaban J connectivity index is 1.48. The summed E-state index contributed by atoms with van der Waals surface area (Å²) in [6.45, 7) is 0. The van der Waals surface area contributed by atoms with Crippen LogP contribution in [0.1, 0.15) is 64.2 Å². The van der Waals surface area contributed by atoms with Gasteiger partial charge in [0, 0.05) is 0 Å². The minimum absolute atomic E-state index is 0.114. The minimum Gasteiger partial charge on any atom is -0.470 e. The van der Waals surface area contributed by atoms with Crippen LogP contribution in [0.3, 0.4) is 0 Å². The molecule has 2 atom stereocenters. The highest BCUT2D eigenvalue weighted by Crippen LogP contribution is 2.35. The summed E-state index contributed by atoms with van der Waals surface area (Å²) < 4.78 is 23.0. The largest absolute Gasteiger partial charge is 0.470 e. The van der Waals surface area contributed by atoms with E-state index in [0.717, 1.165) is 51.4 Å². The third kappa shape index (κ3) is 4.42. The predicted molar refractivity (Wildman–Crippen MR) is 101 cm³/mol. The Morgan fingerprint density at radius 2 is 1.07 bits per heavy atom. The fraction of sp³-hybridized carbons (Fsp3) is 0.636. The van der Waals surface area contributed by atoms with E-state index in [1.54, 1.807) is 24.3 Å². The van der Waals surface area contributed by atoms with Crippen LogP contribution >= 0.6 is 0 Å². The molecule has 0 saturated heterocycles. The van der Waals surface area contributed by atoms with Crippen molar-refractivity contribution in [2.45, 2.75) is 88.6 Å². The number of carbonyl (C=O) groups excluding carboxylic acids is 2. The molecule has 4 rings (SSSR count). The van der Waals surface area contributed by atoms with Gasteiger partial charge in [-0.25, -0.2) is 9.59 Å². The van der Waals surface area contributed by atoms with E-state index in [9.17, 15) is 9.59 Å². The van der Waals surface area contributed by atoms with E-state index in [-0.39, 0.29) is 12.2 Å². The number of ether oxygens (including phenoxy) is 4. The lowest BCUT2D eigenvalue weighted by Crippen LogP contribution is -2.52. The second-order valence-corrected chi connectivity index (χ2v) is 7.92. The first-order valence-corrected chi connectivity index (χ1v) is 10.5. The van der Waals surface area contributed by atoms with Crippen molar-refractivity contribution in [1.29, 1.82) is 0 Å². The molecule has 28 heavy (non-hydrogen) atoms. The molecule has 0 spiro atoms. The van der Waals surface area contributed by atoms with Crippen molar-refractivity contribution in [3.63, 3.8) is 0 Å². The van der Waals surface area contributed by atoms with Crippen LogP contribution in [0.15, 0.2) is 24.3 Å². The van der Waals surface area contributed by atoms with E-state index in [4.69, 9.17) is 18.9 Å². The smallest absolute Gasteiger partial charge is 0.352 e. The van der Waals surface area contributed by atoms with Gasteiger partial charge in [0.25, 0.3) is 0 Å². The maximum atomic E-state index is 12.8. The number of rotatable bonds is 4. The van der Waals surface area contributed by atoms with Gasteiger partial charge in [0.05, 0.1) is 0 Å². The number of fused-ring (bicyclic) bond motifs is 1. The fourth-order valence-electron chi connectivity index (χ4n) is 4.21. The van der Waals surface area contributed by atoms with Crippen LogP contribution in [-0.4, -0.2) is 36.4 Å². The third-order valence-corrected chi connectivity index (χ3v) is 5.77. The van der Waals surface area contributed by atoms with Crippen molar-refractivity contribution >= 4 is 11.9 Å². The van der Waals surface area contributed by atoms with Crippen LogP contribution in [0.25, 0.3) is 0 Å². The van der Waals surface area contributed by atoms with Gasteiger partial charge in [-0.05, 0) is 63.5 Å². The molecule has 0 radical (unpaired) electrons. The van der Waals surface area contributed by atoms with Gasteiger partial charge in [-0.2, -0.15) is 0 Å². The van der Waals surface area contributed by atoms with Crippen molar-refractivity contribution in [1.82, 2.24) is 0 Å². The summed E-state index contributed by atoms with van der Waals surface area (Å²) in [6, 6.07) is 7.04.